The van der Waals surface area contributed by atoms with Gasteiger partial charge in [-0.2, -0.15) is 0 Å². The van der Waals surface area contributed by atoms with Gasteiger partial charge in [-0.1, -0.05) is 18.2 Å². The Hall–Kier alpha value is -3.35. The second-order valence-corrected chi connectivity index (χ2v) is 7.68. The van der Waals surface area contributed by atoms with E-state index in [2.05, 4.69) is 0 Å². The monoisotopic (exact) mass is 399 g/mol. The molecule has 154 valence electrons. The number of rotatable bonds is 5. The summed E-state index contributed by atoms with van der Waals surface area (Å²) in [6.07, 6.45) is 2.70. The molecule has 7 heteroatoms. The summed E-state index contributed by atoms with van der Waals surface area (Å²) >= 11 is 0. The lowest BCUT2D eigenvalue weighted by molar-refractivity contribution is -0.148. The maximum atomic E-state index is 12.0. The minimum absolute atomic E-state index is 0.0129. The van der Waals surface area contributed by atoms with Crippen LogP contribution in [0.1, 0.15) is 46.6 Å². The first-order valence-corrected chi connectivity index (χ1v) is 9.08. The molecular weight excluding hydrogens is 374 g/mol. The van der Waals surface area contributed by atoms with Crippen LogP contribution in [-0.4, -0.2) is 33.7 Å². The van der Waals surface area contributed by atoms with Gasteiger partial charge < -0.3 is 19.8 Å². The zero-order chi connectivity index (χ0) is 21.9. The predicted molar refractivity (Wildman–Crippen MR) is 109 cm³/mol. The van der Waals surface area contributed by atoms with Crippen LogP contribution in [0, 0.1) is 0 Å². The lowest BCUT2D eigenvalue weighted by Crippen LogP contribution is -2.30. The average Bonchev–Trinajstić information content (AvgIpc) is 2.59. The van der Waals surface area contributed by atoms with Crippen molar-refractivity contribution in [2.24, 2.45) is 0 Å². The van der Waals surface area contributed by atoms with Crippen LogP contribution in [-0.2, 0) is 19.1 Å². The molecule has 0 saturated carbocycles. The number of carboxylic acids is 2. The number of nitrogens with zero attached hydrogens (tertiary/aromatic N) is 1. The summed E-state index contributed by atoms with van der Waals surface area (Å²) in [7, 11) is 0. The number of carbonyl (C=O) groups is 3. The lowest BCUT2D eigenvalue weighted by Gasteiger charge is -2.33. The highest BCUT2D eigenvalue weighted by Gasteiger charge is 2.31. The average molecular weight is 399 g/mol. The molecule has 29 heavy (non-hydrogen) atoms. The van der Waals surface area contributed by atoms with Crippen molar-refractivity contribution in [2.75, 3.05) is 4.90 Å². The van der Waals surface area contributed by atoms with Gasteiger partial charge in [0.05, 0.1) is 16.8 Å². The Morgan fingerprint density at radius 1 is 1.00 bits per heavy atom. The van der Waals surface area contributed by atoms with E-state index in [0.29, 0.717) is 22.6 Å². The topological polar surface area (TPSA) is 104 Å². The molecule has 1 heterocycles. The molecular formula is C22H25NO6. The normalized spacial score (nSPS) is 15.1. The number of benzene rings is 1. The van der Waals surface area contributed by atoms with Crippen molar-refractivity contribution in [2.45, 2.75) is 46.6 Å². The third-order valence-corrected chi connectivity index (χ3v) is 4.40. The minimum Gasteiger partial charge on any atom is -0.478 e. The fourth-order valence-electron chi connectivity index (χ4n) is 3.10. The van der Waals surface area contributed by atoms with Crippen molar-refractivity contribution < 1.29 is 29.3 Å². The van der Waals surface area contributed by atoms with Crippen molar-refractivity contribution in [3.63, 3.8) is 0 Å². The second-order valence-electron chi connectivity index (χ2n) is 7.68. The highest BCUT2D eigenvalue weighted by Crippen LogP contribution is 2.37. The Kier molecular flexibility index (Phi) is 6.31. The van der Waals surface area contributed by atoms with Gasteiger partial charge in [-0.3, -0.25) is 0 Å². The van der Waals surface area contributed by atoms with E-state index in [4.69, 9.17) is 4.74 Å². The van der Waals surface area contributed by atoms with E-state index in [9.17, 15) is 24.6 Å². The summed E-state index contributed by atoms with van der Waals surface area (Å²) in [5.41, 5.74) is 1.45. The molecule has 0 atom stereocenters. The summed E-state index contributed by atoms with van der Waals surface area (Å²) in [6, 6.07) is 7.03. The van der Waals surface area contributed by atoms with E-state index in [1.807, 2.05) is 0 Å². The molecule has 1 aromatic rings. The molecule has 2 rings (SSSR count). The highest BCUT2D eigenvalue weighted by molar-refractivity contribution is 5.97. The second kappa shape index (κ2) is 8.34. The molecule has 0 saturated heterocycles. The van der Waals surface area contributed by atoms with Gasteiger partial charge in [0.1, 0.15) is 5.60 Å². The van der Waals surface area contributed by atoms with Gasteiger partial charge in [0, 0.05) is 23.9 Å². The zero-order valence-electron chi connectivity index (χ0n) is 17.1. The Morgan fingerprint density at radius 3 is 2.00 bits per heavy atom. The van der Waals surface area contributed by atoms with Crippen LogP contribution < -0.4 is 4.90 Å². The summed E-state index contributed by atoms with van der Waals surface area (Å²) in [4.78, 5) is 37.0. The smallest absolute Gasteiger partial charge is 0.333 e. The Balaban J connectivity index is 2.55. The number of carboxylic acid groups (broad SMARTS) is 2. The number of hydrogen-bond donors (Lipinski definition) is 2. The summed E-state index contributed by atoms with van der Waals surface area (Å²) in [5.74, 6) is -2.84. The number of aliphatic carboxylic acids is 2. The number of para-hydroxylation sites is 1. The van der Waals surface area contributed by atoms with Crippen LogP contribution in [0.2, 0.25) is 0 Å². The molecule has 0 unspecified atom stereocenters. The molecule has 0 radical (unpaired) electrons. The van der Waals surface area contributed by atoms with Crippen molar-refractivity contribution in [3.8, 4) is 0 Å². The van der Waals surface area contributed by atoms with Crippen molar-refractivity contribution >= 4 is 29.7 Å². The van der Waals surface area contributed by atoms with Crippen LogP contribution in [0.25, 0.3) is 6.08 Å². The van der Waals surface area contributed by atoms with Gasteiger partial charge in [-0.25, -0.2) is 14.4 Å². The molecule has 0 bridgehead atoms. The fraction of sp³-hybridized carbons (Fsp3) is 0.318. The van der Waals surface area contributed by atoms with Crippen LogP contribution in [0.4, 0.5) is 5.69 Å². The minimum atomic E-state index is -1.17. The quantitative estimate of drug-likeness (QED) is 0.570. The van der Waals surface area contributed by atoms with Crippen LogP contribution in [0.3, 0.4) is 0 Å². The summed E-state index contributed by atoms with van der Waals surface area (Å²) in [5, 5.41) is 19.1. The first kappa shape index (κ1) is 21.9. The standard InChI is InChI=1S/C22H25NO6/c1-13-16(20(25)26)12-17(21(27)28)14(2)23(13)18-9-7-6-8-15(18)10-11-19(24)29-22(3,4)5/h6-11H,12H2,1-5H3,(H,25,26)(H,27,28). The maximum absolute atomic E-state index is 12.0. The van der Waals surface area contributed by atoms with Crippen molar-refractivity contribution in [1.29, 1.82) is 0 Å². The van der Waals surface area contributed by atoms with Gasteiger partial charge in [-0.15, -0.1) is 0 Å². The van der Waals surface area contributed by atoms with Gasteiger partial charge in [0.25, 0.3) is 0 Å². The summed E-state index contributed by atoms with van der Waals surface area (Å²) < 4.78 is 5.27. The molecule has 7 nitrogen and oxygen atoms in total. The van der Waals surface area contributed by atoms with Crippen molar-refractivity contribution in [3.05, 3.63) is 58.4 Å². The molecule has 2 N–H and O–H groups in total. The van der Waals surface area contributed by atoms with Crippen LogP contribution in [0.5, 0.6) is 0 Å². The van der Waals surface area contributed by atoms with Crippen molar-refractivity contribution in [1.82, 2.24) is 0 Å². The molecule has 0 aromatic heterocycles. The molecule has 0 aliphatic carbocycles. The lowest BCUT2D eigenvalue weighted by atomic mass is 9.95. The molecule has 1 aliphatic heterocycles. The third kappa shape index (κ3) is 5.13. The van der Waals surface area contributed by atoms with Crippen LogP contribution in [0.15, 0.2) is 52.9 Å². The van der Waals surface area contributed by atoms with Gasteiger partial charge >= 0.3 is 17.9 Å². The number of carbonyl (C=O) groups excluding carboxylic acids is 1. The molecule has 1 aliphatic rings. The van der Waals surface area contributed by atoms with E-state index < -0.39 is 23.5 Å². The fourth-order valence-corrected chi connectivity index (χ4v) is 3.10. The number of anilines is 1. The number of esters is 1. The Labute approximate surface area is 169 Å². The maximum Gasteiger partial charge on any atom is 0.333 e. The first-order chi connectivity index (χ1) is 13.4. The molecule has 0 fully saturated rings. The highest BCUT2D eigenvalue weighted by atomic mass is 16.6. The van der Waals surface area contributed by atoms with Gasteiger partial charge in [0.15, 0.2) is 0 Å². The van der Waals surface area contributed by atoms with Gasteiger partial charge in [-0.05, 0) is 52.3 Å². The number of allylic oxidation sites excluding steroid dienone is 2. The zero-order valence-corrected chi connectivity index (χ0v) is 17.1. The molecule has 0 amide bonds. The third-order valence-electron chi connectivity index (χ3n) is 4.40. The van der Waals surface area contributed by atoms with Gasteiger partial charge in [0.2, 0.25) is 0 Å². The molecule has 1 aromatic carbocycles. The summed E-state index contributed by atoms with van der Waals surface area (Å²) in [6.45, 7) is 8.58. The Morgan fingerprint density at radius 2 is 1.52 bits per heavy atom. The molecule has 0 spiro atoms. The van der Waals surface area contributed by atoms with E-state index in [-0.39, 0.29) is 17.6 Å². The number of hydrogen-bond acceptors (Lipinski definition) is 5. The predicted octanol–water partition coefficient (Wildman–Crippen LogP) is 3.97. The largest absolute Gasteiger partial charge is 0.478 e. The first-order valence-electron chi connectivity index (χ1n) is 9.08. The SMILES string of the molecule is CC1=C(C(=O)O)CC(C(=O)O)=C(C)N1c1ccccc1C=CC(=O)OC(C)(C)C. The van der Waals surface area contributed by atoms with E-state index >= 15 is 0 Å². The van der Waals surface area contributed by atoms with E-state index in [1.54, 1.807) is 69.9 Å². The number of ether oxygens (including phenoxy) is 1. The van der Waals surface area contributed by atoms with E-state index in [0.717, 1.165) is 0 Å². The van der Waals surface area contributed by atoms with Crippen LogP contribution >= 0.6 is 0 Å². The van der Waals surface area contributed by atoms with E-state index in [1.165, 1.54) is 6.08 Å². The Bertz CT molecular complexity index is 910.